The zero-order valence-corrected chi connectivity index (χ0v) is 15.1. The van der Waals surface area contributed by atoms with Crippen LogP contribution in [-0.4, -0.2) is 42.7 Å². The van der Waals surface area contributed by atoms with Gasteiger partial charge in [-0.2, -0.15) is 0 Å². The van der Waals surface area contributed by atoms with E-state index in [0.29, 0.717) is 38.1 Å². The van der Waals surface area contributed by atoms with Gasteiger partial charge in [-0.3, -0.25) is 4.57 Å². The highest BCUT2D eigenvalue weighted by atomic mass is 35.5. The zero-order chi connectivity index (χ0) is 16.7. The topological polar surface area (TPSA) is 74.0 Å². The predicted octanol–water partition coefficient (Wildman–Crippen LogP) is 3.10. The third kappa shape index (κ3) is 5.69. The molecule has 0 aromatic heterocycles. The molecule has 0 spiro atoms. The van der Waals surface area contributed by atoms with E-state index in [-0.39, 0.29) is 12.9 Å². The number of alkyl halides is 2. The van der Waals surface area contributed by atoms with Crippen LogP contribution in [-0.2, 0) is 25.2 Å². The normalized spacial score (nSPS) is 18.4. The van der Waals surface area contributed by atoms with E-state index in [2.05, 4.69) is 0 Å². The molecule has 0 bridgehead atoms. The van der Waals surface area contributed by atoms with Crippen molar-refractivity contribution in [3.63, 3.8) is 0 Å². The first kappa shape index (κ1) is 19.2. The van der Waals surface area contributed by atoms with Gasteiger partial charge in [0.25, 0.3) is 0 Å². The van der Waals surface area contributed by atoms with Crippen molar-refractivity contribution in [3.8, 4) is 0 Å². The maximum absolute atomic E-state index is 12.5. The molecule has 1 fully saturated rings. The van der Waals surface area contributed by atoms with E-state index in [9.17, 15) is 4.57 Å². The van der Waals surface area contributed by atoms with E-state index in [4.69, 9.17) is 42.7 Å². The molecule has 1 aliphatic rings. The summed E-state index contributed by atoms with van der Waals surface area (Å²) in [6.07, 6.45) is -0.312. The van der Waals surface area contributed by atoms with E-state index in [1.807, 2.05) is 24.3 Å². The molecule has 23 heavy (non-hydrogen) atoms. The number of nitrogens with zero attached hydrogens (tertiary/aromatic N) is 1. The van der Waals surface area contributed by atoms with E-state index in [1.54, 1.807) is 0 Å². The molecule has 1 aromatic carbocycles. The van der Waals surface area contributed by atoms with Crippen LogP contribution in [0.25, 0.3) is 0 Å². The molecule has 1 aromatic rings. The number of halogens is 2. The first-order valence-electron chi connectivity index (χ1n) is 7.29. The molecule has 0 amide bonds. The van der Waals surface area contributed by atoms with Crippen molar-refractivity contribution < 1.29 is 18.6 Å². The molecule has 1 atom stereocenters. The average Bonchev–Trinajstić information content (AvgIpc) is 3.08. The Balaban J connectivity index is 1.92. The minimum Gasteiger partial charge on any atom is -0.346 e. The van der Waals surface area contributed by atoms with Gasteiger partial charge in [-0.1, -0.05) is 24.3 Å². The van der Waals surface area contributed by atoms with Gasteiger partial charge in [-0.15, -0.1) is 23.2 Å². The van der Waals surface area contributed by atoms with Crippen molar-refractivity contribution in [3.05, 3.63) is 35.4 Å². The first-order valence-corrected chi connectivity index (χ1v) is 10.0. The van der Waals surface area contributed by atoms with Crippen LogP contribution in [0.1, 0.15) is 17.4 Å². The molecule has 6 nitrogen and oxygen atoms in total. The maximum atomic E-state index is 12.5. The molecule has 2 rings (SSSR count). The highest BCUT2D eigenvalue weighted by Gasteiger charge is 2.26. The van der Waals surface area contributed by atoms with Crippen LogP contribution in [0, 0.1) is 0 Å². The summed E-state index contributed by atoms with van der Waals surface area (Å²) in [5.41, 5.74) is 7.61. The Labute approximate surface area is 146 Å². The molecule has 2 N–H and O–H groups in total. The minimum atomic E-state index is -3.42. The smallest absolute Gasteiger partial charge is 0.341 e. The third-order valence-corrected chi connectivity index (χ3v) is 5.39. The standard InChI is InChI=1S/C14H21Cl2N2O4P/c15-5-7-18(8-6-16)23(17,19)22-11-12-1-3-13(4-2-12)14-20-9-10-21-14/h1-4,14H,5-11H2,(H2,17,19). The van der Waals surface area contributed by atoms with Crippen molar-refractivity contribution in [2.24, 2.45) is 5.50 Å². The number of hydrogen-bond acceptors (Lipinski definition) is 4. The number of ether oxygens (including phenoxy) is 2. The lowest BCUT2D eigenvalue weighted by molar-refractivity contribution is -0.0441. The van der Waals surface area contributed by atoms with Crippen molar-refractivity contribution >= 4 is 30.9 Å². The average molecular weight is 383 g/mol. The zero-order valence-electron chi connectivity index (χ0n) is 12.7. The lowest BCUT2D eigenvalue weighted by Gasteiger charge is -2.26. The number of rotatable bonds is 9. The number of nitrogens with two attached hydrogens (primary N) is 1. The monoisotopic (exact) mass is 382 g/mol. The van der Waals surface area contributed by atoms with Crippen LogP contribution in [0.2, 0.25) is 0 Å². The van der Waals surface area contributed by atoms with Gasteiger partial charge < -0.3 is 14.0 Å². The molecule has 0 radical (unpaired) electrons. The molecule has 0 saturated carbocycles. The summed E-state index contributed by atoms with van der Waals surface area (Å²) >= 11 is 11.4. The number of benzene rings is 1. The lowest BCUT2D eigenvalue weighted by Crippen LogP contribution is -2.29. The second-order valence-electron chi connectivity index (χ2n) is 4.98. The molecule has 1 heterocycles. The summed E-state index contributed by atoms with van der Waals surface area (Å²) < 4.78 is 30.2. The van der Waals surface area contributed by atoms with Gasteiger partial charge >= 0.3 is 7.67 Å². The van der Waals surface area contributed by atoms with Crippen LogP contribution in [0.5, 0.6) is 0 Å². The Hall–Kier alpha value is -0.170. The fraction of sp³-hybridized carbons (Fsp3) is 0.571. The molecule has 1 aliphatic heterocycles. The van der Waals surface area contributed by atoms with E-state index >= 15 is 0 Å². The Morgan fingerprint density at radius 3 is 2.26 bits per heavy atom. The van der Waals surface area contributed by atoms with Gasteiger partial charge in [0.15, 0.2) is 6.29 Å². The summed E-state index contributed by atoms with van der Waals surface area (Å²) in [7, 11) is -3.42. The fourth-order valence-electron chi connectivity index (χ4n) is 2.16. The van der Waals surface area contributed by atoms with Gasteiger partial charge in [-0.05, 0) is 5.56 Å². The van der Waals surface area contributed by atoms with Crippen molar-refractivity contribution in [1.29, 1.82) is 0 Å². The third-order valence-electron chi connectivity index (χ3n) is 3.37. The molecule has 130 valence electrons. The first-order chi connectivity index (χ1) is 11.1. The Morgan fingerprint density at radius 2 is 1.74 bits per heavy atom. The van der Waals surface area contributed by atoms with Gasteiger partial charge in [0, 0.05) is 30.4 Å². The van der Waals surface area contributed by atoms with Gasteiger partial charge in [0.1, 0.15) is 0 Å². The summed E-state index contributed by atoms with van der Waals surface area (Å²) in [5, 5.41) is 0. The summed E-state index contributed by atoms with van der Waals surface area (Å²) in [6.45, 7) is 2.06. The summed E-state index contributed by atoms with van der Waals surface area (Å²) in [4.78, 5) is 0. The molecular weight excluding hydrogens is 362 g/mol. The summed E-state index contributed by atoms with van der Waals surface area (Å²) in [6, 6.07) is 7.53. The number of hydrogen-bond donors (Lipinski definition) is 1. The van der Waals surface area contributed by atoms with Crippen molar-refractivity contribution in [1.82, 2.24) is 4.67 Å². The van der Waals surface area contributed by atoms with Crippen LogP contribution >= 0.6 is 30.9 Å². The lowest BCUT2D eigenvalue weighted by atomic mass is 10.1. The van der Waals surface area contributed by atoms with Crippen LogP contribution in [0.3, 0.4) is 0 Å². The van der Waals surface area contributed by atoms with E-state index in [0.717, 1.165) is 11.1 Å². The Kier molecular flexibility index (Phi) is 7.79. The SMILES string of the molecule is NP(=O)(OCc1ccc(C2OCCO2)cc1)N(CCCl)CCCl. The quantitative estimate of drug-likeness (QED) is 0.522. The molecule has 1 unspecified atom stereocenters. The van der Waals surface area contributed by atoms with E-state index < -0.39 is 7.67 Å². The van der Waals surface area contributed by atoms with Gasteiger partial charge in [0.2, 0.25) is 0 Å². The van der Waals surface area contributed by atoms with Crippen LogP contribution in [0.4, 0.5) is 0 Å². The Bertz CT molecular complexity index is 520. The van der Waals surface area contributed by atoms with Crippen LogP contribution in [0.15, 0.2) is 24.3 Å². The fourth-order valence-corrected chi connectivity index (χ4v) is 4.05. The minimum absolute atomic E-state index is 0.140. The van der Waals surface area contributed by atoms with Gasteiger partial charge in [-0.25, -0.2) is 10.2 Å². The Morgan fingerprint density at radius 1 is 1.17 bits per heavy atom. The van der Waals surface area contributed by atoms with Crippen LogP contribution < -0.4 is 5.50 Å². The van der Waals surface area contributed by atoms with Crippen molar-refractivity contribution in [2.45, 2.75) is 12.9 Å². The summed E-state index contributed by atoms with van der Waals surface area (Å²) in [5.74, 6) is 0.606. The molecular formula is C14H21Cl2N2O4P. The second kappa shape index (κ2) is 9.35. The highest BCUT2D eigenvalue weighted by molar-refractivity contribution is 7.53. The molecule has 9 heteroatoms. The molecule has 1 saturated heterocycles. The second-order valence-corrected chi connectivity index (χ2v) is 7.69. The maximum Gasteiger partial charge on any atom is 0.341 e. The molecule has 0 aliphatic carbocycles. The van der Waals surface area contributed by atoms with E-state index in [1.165, 1.54) is 4.67 Å². The van der Waals surface area contributed by atoms with Crippen molar-refractivity contribution in [2.75, 3.05) is 38.1 Å². The predicted molar refractivity (Wildman–Crippen MR) is 90.7 cm³/mol. The largest absolute Gasteiger partial charge is 0.346 e. The van der Waals surface area contributed by atoms with Gasteiger partial charge in [0.05, 0.1) is 19.8 Å². The highest BCUT2D eigenvalue weighted by Crippen LogP contribution is 2.43.